The number of fused-ring (bicyclic) bond motifs is 11. The summed E-state index contributed by atoms with van der Waals surface area (Å²) in [5, 5.41) is 7.61. The zero-order valence-corrected chi connectivity index (χ0v) is 18.8. The van der Waals surface area contributed by atoms with Gasteiger partial charge in [0.15, 0.2) is 0 Å². The van der Waals surface area contributed by atoms with Gasteiger partial charge in [0.1, 0.15) is 0 Å². The summed E-state index contributed by atoms with van der Waals surface area (Å²) in [5.41, 5.74) is 0. The van der Waals surface area contributed by atoms with Crippen molar-refractivity contribution in [1.29, 1.82) is 0 Å². The lowest BCUT2D eigenvalue weighted by atomic mass is 9.56. The smallest absolute Gasteiger partial charge is 0.233 e. The molecule has 154 valence electrons. The molecule has 8 rings (SSSR count). The van der Waals surface area contributed by atoms with Crippen molar-refractivity contribution in [3.8, 4) is 0 Å². The summed E-state index contributed by atoms with van der Waals surface area (Å²) >= 11 is 3.74. The maximum Gasteiger partial charge on any atom is 0.233 e. The standard InChI is InChI=1S/C27H17NO2S2/c1-28-26(29)22-16-7-14-9-19-21(11-15(14)8-17(16)23(22)27(28)30)32-24-18-6-12-4-2-3-5-13(12)10-20(18)31-25(19)24/h2-11,16-17,22-23H,1H3/t16-,17+,22?,23?/m1/s1. The SMILES string of the molecule is CN1C(=O)C2C(C1=O)[C@@H]1C=c3cc4c(cc3=C[C@H]21)sc1c2cc3ccccc3cc2sc41. The van der Waals surface area contributed by atoms with Gasteiger partial charge in [0.05, 0.1) is 21.2 Å². The number of hydrogen-bond acceptors (Lipinski definition) is 4. The van der Waals surface area contributed by atoms with Gasteiger partial charge in [0.2, 0.25) is 11.8 Å². The highest BCUT2D eigenvalue weighted by Gasteiger charge is 2.62. The van der Waals surface area contributed by atoms with Crippen molar-refractivity contribution < 1.29 is 9.59 Å². The summed E-state index contributed by atoms with van der Waals surface area (Å²) in [7, 11) is 1.62. The van der Waals surface area contributed by atoms with Crippen molar-refractivity contribution in [3.05, 3.63) is 59.0 Å². The molecule has 3 aliphatic rings. The molecule has 2 aromatic heterocycles. The molecule has 3 aromatic carbocycles. The van der Waals surface area contributed by atoms with E-state index in [0.29, 0.717) is 0 Å². The van der Waals surface area contributed by atoms with Crippen LogP contribution in [0.4, 0.5) is 0 Å². The fourth-order valence-electron chi connectivity index (χ4n) is 6.16. The van der Waals surface area contributed by atoms with Crippen LogP contribution in [0, 0.1) is 23.7 Å². The Labute approximate surface area is 190 Å². The van der Waals surface area contributed by atoms with Crippen LogP contribution >= 0.6 is 22.7 Å². The number of amides is 2. The summed E-state index contributed by atoms with van der Waals surface area (Å²) < 4.78 is 5.34. The molecule has 2 aliphatic carbocycles. The molecule has 32 heavy (non-hydrogen) atoms. The fraction of sp³-hybridized carbons (Fsp3) is 0.185. The highest BCUT2D eigenvalue weighted by molar-refractivity contribution is 7.36. The normalized spacial score (nSPS) is 26.2. The summed E-state index contributed by atoms with van der Waals surface area (Å²) in [6, 6.07) is 17.8. The first-order valence-electron chi connectivity index (χ1n) is 10.9. The first-order valence-corrected chi connectivity index (χ1v) is 12.5. The number of benzene rings is 3. The van der Waals surface area contributed by atoms with Gasteiger partial charge in [0.25, 0.3) is 0 Å². The Morgan fingerprint density at radius 1 is 0.719 bits per heavy atom. The van der Waals surface area contributed by atoms with Crippen molar-refractivity contribution in [3.63, 3.8) is 0 Å². The zero-order valence-electron chi connectivity index (χ0n) is 17.2. The van der Waals surface area contributed by atoms with E-state index in [1.54, 1.807) is 7.05 Å². The van der Waals surface area contributed by atoms with E-state index in [2.05, 4.69) is 60.7 Å². The summed E-state index contributed by atoms with van der Waals surface area (Å²) in [6.07, 6.45) is 4.51. The second-order valence-electron chi connectivity index (χ2n) is 9.31. The summed E-state index contributed by atoms with van der Waals surface area (Å²) in [6.45, 7) is 0. The maximum atomic E-state index is 12.6. The van der Waals surface area contributed by atoms with Gasteiger partial charge in [-0.15, -0.1) is 22.7 Å². The number of hydrogen-bond donors (Lipinski definition) is 0. The van der Waals surface area contributed by atoms with Crippen molar-refractivity contribution >= 4 is 87.0 Å². The minimum absolute atomic E-state index is 0.00855. The predicted octanol–water partition coefficient (Wildman–Crippen LogP) is 4.47. The van der Waals surface area contributed by atoms with Crippen LogP contribution in [-0.2, 0) is 9.59 Å². The molecule has 5 heteroatoms. The molecule has 0 N–H and O–H groups in total. The topological polar surface area (TPSA) is 37.4 Å². The Hall–Kier alpha value is -3.02. The van der Waals surface area contributed by atoms with E-state index >= 15 is 0 Å². The predicted molar refractivity (Wildman–Crippen MR) is 132 cm³/mol. The van der Waals surface area contributed by atoms with Gasteiger partial charge >= 0.3 is 0 Å². The van der Waals surface area contributed by atoms with Crippen molar-refractivity contribution in [1.82, 2.24) is 4.90 Å². The molecule has 5 aromatic rings. The highest BCUT2D eigenvalue weighted by Crippen LogP contribution is 2.54. The van der Waals surface area contributed by atoms with Gasteiger partial charge in [0, 0.05) is 27.2 Å². The molecule has 3 nitrogen and oxygen atoms in total. The van der Waals surface area contributed by atoms with E-state index in [-0.39, 0.29) is 35.5 Å². The molecule has 3 heterocycles. The molecule has 0 spiro atoms. The molecular weight excluding hydrogens is 434 g/mol. The number of thiophene rings is 2. The largest absolute Gasteiger partial charge is 0.285 e. The average molecular weight is 452 g/mol. The maximum absolute atomic E-state index is 12.6. The van der Waals surface area contributed by atoms with E-state index in [0.717, 1.165) is 0 Å². The van der Waals surface area contributed by atoms with Crippen LogP contribution in [0.5, 0.6) is 0 Å². The lowest BCUT2D eigenvalue weighted by Gasteiger charge is -2.43. The van der Waals surface area contributed by atoms with Crippen LogP contribution in [0.3, 0.4) is 0 Å². The number of carbonyl (C=O) groups excluding carboxylic acids is 2. The molecular formula is C27H17NO2S2. The van der Waals surface area contributed by atoms with Gasteiger partial charge in [-0.3, -0.25) is 14.5 Å². The fourth-order valence-corrected chi connectivity index (χ4v) is 8.86. The van der Waals surface area contributed by atoms with Gasteiger partial charge < -0.3 is 0 Å². The third-order valence-corrected chi connectivity index (χ3v) is 10.3. The monoisotopic (exact) mass is 451 g/mol. The Balaban J connectivity index is 1.37. The molecule has 1 saturated heterocycles. The second-order valence-corrected chi connectivity index (χ2v) is 11.4. The molecule has 2 unspecified atom stereocenters. The first kappa shape index (κ1) is 17.5. The van der Waals surface area contributed by atoms with Gasteiger partial charge in [-0.25, -0.2) is 0 Å². The molecule has 2 amide bonds. The van der Waals surface area contributed by atoms with Crippen molar-refractivity contribution in [2.45, 2.75) is 0 Å². The number of likely N-dealkylation sites (tertiary alicyclic amines) is 1. The lowest BCUT2D eigenvalue weighted by Crippen LogP contribution is -2.51. The van der Waals surface area contributed by atoms with Gasteiger partial charge in [-0.1, -0.05) is 36.4 Å². The van der Waals surface area contributed by atoms with Crippen LogP contribution < -0.4 is 10.4 Å². The van der Waals surface area contributed by atoms with Gasteiger partial charge in [-0.2, -0.15) is 0 Å². The van der Waals surface area contributed by atoms with E-state index in [4.69, 9.17) is 0 Å². The second kappa shape index (κ2) is 5.66. The summed E-state index contributed by atoms with van der Waals surface area (Å²) in [4.78, 5) is 26.4. The minimum Gasteiger partial charge on any atom is -0.285 e. The van der Waals surface area contributed by atoms with E-state index < -0.39 is 0 Å². The van der Waals surface area contributed by atoms with Crippen LogP contribution in [0.15, 0.2) is 48.5 Å². The van der Waals surface area contributed by atoms with E-state index in [9.17, 15) is 9.59 Å². The molecule has 0 radical (unpaired) electrons. The summed E-state index contributed by atoms with van der Waals surface area (Å²) in [5.74, 6) is -0.0537. The van der Waals surface area contributed by atoms with Crippen LogP contribution in [0.25, 0.3) is 52.5 Å². The van der Waals surface area contributed by atoms with Crippen LogP contribution in [0.2, 0.25) is 0 Å². The Kier molecular flexibility index (Phi) is 3.10. The molecule has 1 saturated carbocycles. The van der Waals surface area contributed by atoms with Gasteiger partial charge in [-0.05, 0) is 57.3 Å². The number of rotatable bonds is 0. The van der Waals surface area contributed by atoms with Crippen LogP contribution in [0.1, 0.15) is 0 Å². The molecule has 2 fully saturated rings. The van der Waals surface area contributed by atoms with Crippen molar-refractivity contribution in [2.75, 3.05) is 7.05 Å². The average Bonchev–Trinajstić information content (AvgIpc) is 3.37. The molecule has 0 bridgehead atoms. The number of imide groups is 1. The molecule has 4 atom stereocenters. The molecule has 1 aliphatic heterocycles. The van der Waals surface area contributed by atoms with E-state index in [1.807, 2.05) is 22.7 Å². The van der Waals surface area contributed by atoms with Crippen LogP contribution in [-0.4, -0.2) is 23.8 Å². The Morgan fingerprint density at radius 3 is 1.91 bits per heavy atom. The lowest BCUT2D eigenvalue weighted by molar-refractivity contribution is -0.137. The van der Waals surface area contributed by atoms with E-state index in [1.165, 1.54) is 55.7 Å². The minimum atomic E-state index is -0.170. The third kappa shape index (κ3) is 1.98. The number of nitrogens with zero attached hydrogens (tertiary/aromatic N) is 1. The van der Waals surface area contributed by atoms with Crippen molar-refractivity contribution in [2.24, 2.45) is 23.7 Å². The highest BCUT2D eigenvalue weighted by atomic mass is 32.1. The Morgan fingerprint density at radius 2 is 1.25 bits per heavy atom. The zero-order chi connectivity index (χ0) is 21.3. The number of carbonyl (C=O) groups is 2. The Bertz CT molecular complexity index is 1830. The third-order valence-electron chi connectivity index (χ3n) is 7.79. The first-order chi connectivity index (χ1) is 15.6. The quantitative estimate of drug-likeness (QED) is 0.326.